The summed E-state index contributed by atoms with van der Waals surface area (Å²) in [7, 11) is 0. The van der Waals surface area contributed by atoms with Crippen molar-refractivity contribution in [1.29, 1.82) is 0 Å². The van der Waals surface area contributed by atoms with E-state index in [1.165, 1.54) is 6.33 Å². The molecule has 2 N–H and O–H groups in total. The fourth-order valence-corrected chi connectivity index (χ4v) is 2.87. The van der Waals surface area contributed by atoms with E-state index in [1.807, 2.05) is 0 Å². The van der Waals surface area contributed by atoms with E-state index in [9.17, 15) is 0 Å². The van der Waals surface area contributed by atoms with Crippen LogP contribution in [0.4, 0.5) is 5.82 Å². The summed E-state index contributed by atoms with van der Waals surface area (Å²) in [5.74, 6) is 0.443. The maximum absolute atomic E-state index is 5.80. The molecule has 1 atom stereocenters. The molecule has 1 saturated heterocycles. The smallest absolute Gasteiger partial charge is 0.165 e. The lowest BCUT2D eigenvalue weighted by molar-refractivity contribution is -0.00933. The zero-order chi connectivity index (χ0) is 14.7. The standard InChI is InChI=1S/C14H22N6O/c1-2-11-8-21-7-6-19(11)4-3-5-20-10-18-12-13(15)16-9-17-14(12)20/h9-11H,2-8H2,1H3,(H2,15,16,17). The van der Waals surface area contributed by atoms with Crippen molar-refractivity contribution in [3.05, 3.63) is 12.7 Å². The molecule has 2 aromatic heterocycles. The minimum Gasteiger partial charge on any atom is -0.382 e. The van der Waals surface area contributed by atoms with E-state index >= 15 is 0 Å². The lowest BCUT2D eigenvalue weighted by Crippen LogP contribution is -2.45. The van der Waals surface area contributed by atoms with Crippen LogP contribution in [0.15, 0.2) is 12.7 Å². The molecule has 3 heterocycles. The molecule has 7 heteroatoms. The van der Waals surface area contributed by atoms with Crippen LogP contribution in [0.3, 0.4) is 0 Å². The maximum atomic E-state index is 5.80. The predicted octanol–water partition coefficient (Wildman–Crippen LogP) is 0.909. The first-order valence-electron chi connectivity index (χ1n) is 7.52. The Bertz CT molecular complexity index is 598. The second-order valence-electron chi connectivity index (χ2n) is 5.40. The van der Waals surface area contributed by atoms with E-state index in [4.69, 9.17) is 10.5 Å². The van der Waals surface area contributed by atoms with Crippen molar-refractivity contribution in [2.75, 3.05) is 32.0 Å². The van der Waals surface area contributed by atoms with Crippen LogP contribution in [0.2, 0.25) is 0 Å². The average Bonchev–Trinajstić information content (AvgIpc) is 2.93. The first-order chi connectivity index (χ1) is 10.3. The van der Waals surface area contributed by atoms with Crippen molar-refractivity contribution < 1.29 is 4.74 Å². The van der Waals surface area contributed by atoms with Crippen LogP contribution in [0.5, 0.6) is 0 Å². The molecule has 0 radical (unpaired) electrons. The number of fused-ring (bicyclic) bond motifs is 1. The van der Waals surface area contributed by atoms with Gasteiger partial charge in [0.1, 0.15) is 11.8 Å². The van der Waals surface area contributed by atoms with Gasteiger partial charge in [0, 0.05) is 25.7 Å². The average molecular weight is 290 g/mol. The Balaban J connectivity index is 1.60. The van der Waals surface area contributed by atoms with Gasteiger partial charge in [0.15, 0.2) is 11.5 Å². The summed E-state index contributed by atoms with van der Waals surface area (Å²) in [6, 6.07) is 0.552. The Hall–Kier alpha value is -1.73. The van der Waals surface area contributed by atoms with Gasteiger partial charge in [-0.15, -0.1) is 0 Å². The van der Waals surface area contributed by atoms with Gasteiger partial charge in [-0.05, 0) is 12.8 Å². The van der Waals surface area contributed by atoms with Crippen LogP contribution < -0.4 is 5.73 Å². The van der Waals surface area contributed by atoms with Crippen LogP contribution in [0, 0.1) is 0 Å². The van der Waals surface area contributed by atoms with E-state index in [0.717, 1.165) is 51.3 Å². The number of aromatic nitrogens is 4. The summed E-state index contributed by atoms with van der Waals surface area (Å²) in [5, 5.41) is 0. The minimum absolute atomic E-state index is 0.443. The van der Waals surface area contributed by atoms with Crippen LogP contribution in [-0.4, -0.2) is 56.8 Å². The molecule has 3 rings (SSSR count). The molecule has 1 aliphatic heterocycles. The molecule has 21 heavy (non-hydrogen) atoms. The number of hydrogen-bond donors (Lipinski definition) is 1. The lowest BCUT2D eigenvalue weighted by atomic mass is 10.1. The first-order valence-corrected chi connectivity index (χ1v) is 7.52. The number of nitrogens with two attached hydrogens (primary N) is 1. The molecule has 0 bridgehead atoms. The van der Waals surface area contributed by atoms with Crippen LogP contribution in [0.1, 0.15) is 19.8 Å². The molecular formula is C14H22N6O. The minimum atomic E-state index is 0.443. The van der Waals surface area contributed by atoms with Gasteiger partial charge in [0.2, 0.25) is 0 Å². The maximum Gasteiger partial charge on any atom is 0.165 e. The molecule has 0 aromatic carbocycles. The molecule has 7 nitrogen and oxygen atoms in total. The first kappa shape index (κ1) is 14.2. The summed E-state index contributed by atoms with van der Waals surface area (Å²) in [6.07, 6.45) is 5.49. The lowest BCUT2D eigenvalue weighted by Gasteiger charge is -2.35. The summed E-state index contributed by atoms with van der Waals surface area (Å²) in [5.41, 5.74) is 7.31. The highest BCUT2D eigenvalue weighted by Crippen LogP contribution is 2.15. The molecule has 1 fully saturated rings. The topological polar surface area (TPSA) is 82.1 Å². The number of rotatable bonds is 5. The highest BCUT2D eigenvalue weighted by molar-refractivity contribution is 5.80. The normalized spacial score (nSPS) is 20.1. The molecule has 0 spiro atoms. The van der Waals surface area contributed by atoms with Crippen molar-refractivity contribution in [3.63, 3.8) is 0 Å². The Kier molecular flexibility index (Phi) is 4.31. The van der Waals surface area contributed by atoms with Crippen molar-refractivity contribution >= 4 is 17.0 Å². The highest BCUT2D eigenvalue weighted by atomic mass is 16.5. The van der Waals surface area contributed by atoms with Gasteiger partial charge in [0.05, 0.1) is 19.5 Å². The number of nitrogens with zero attached hydrogens (tertiary/aromatic N) is 5. The van der Waals surface area contributed by atoms with Crippen molar-refractivity contribution in [2.24, 2.45) is 0 Å². The summed E-state index contributed by atoms with van der Waals surface area (Å²) in [6.45, 7) is 6.90. The number of aryl methyl sites for hydroxylation is 1. The Labute approximate surface area is 124 Å². The zero-order valence-corrected chi connectivity index (χ0v) is 12.4. The fourth-order valence-electron chi connectivity index (χ4n) is 2.87. The number of imidazole rings is 1. The summed E-state index contributed by atoms with van der Waals surface area (Å²) >= 11 is 0. The molecule has 1 aliphatic rings. The van der Waals surface area contributed by atoms with E-state index in [1.54, 1.807) is 6.33 Å². The van der Waals surface area contributed by atoms with E-state index < -0.39 is 0 Å². The molecular weight excluding hydrogens is 268 g/mol. The van der Waals surface area contributed by atoms with Crippen LogP contribution >= 0.6 is 0 Å². The van der Waals surface area contributed by atoms with Crippen molar-refractivity contribution in [2.45, 2.75) is 32.4 Å². The zero-order valence-electron chi connectivity index (χ0n) is 12.4. The monoisotopic (exact) mass is 290 g/mol. The van der Waals surface area contributed by atoms with Crippen LogP contribution in [0.25, 0.3) is 11.2 Å². The number of anilines is 1. The van der Waals surface area contributed by atoms with Gasteiger partial charge < -0.3 is 15.0 Å². The van der Waals surface area contributed by atoms with Gasteiger partial charge in [-0.1, -0.05) is 6.92 Å². The number of nitrogen functional groups attached to an aromatic ring is 1. The molecule has 0 amide bonds. The summed E-state index contributed by atoms with van der Waals surface area (Å²) < 4.78 is 7.59. The molecule has 0 saturated carbocycles. The van der Waals surface area contributed by atoms with E-state index in [0.29, 0.717) is 17.4 Å². The van der Waals surface area contributed by atoms with E-state index in [2.05, 4.69) is 31.3 Å². The quantitative estimate of drug-likeness (QED) is 0.881. The van der Waals surface area contributed by atoms with Gasteiger partial charge >= 0.3 is 0 Å². The third kappa shape index (κ3) is 2.98. The second-order valence-corrected chi connectivity index (χ2v) is 5.40. The molecule has 0 aliphatic carbocycles. The third-order valence-electron chi connectivity index (χ3n) is 4.09. The number of ether oxygens (including phenoxy) is 1. The molecule has 114 valence electrons. The third-order valence-corrected chi connectivity index (χ3v) is 4.09. The molecule has 1 unspecified atom stereocenters. The second kappa shape index (κ2) is 6.36. The predicted molar refractivity (Wildman–Crippen MR) is 80.8 cm³/mol. The largest absolute Gasteiger partial charge is 0.382 e. The number of hydrogen-bond acceptors (Lipinski definition) is 6. The number of morpholine rings is 1. The Morgan fingerprint density at radius 1 is 1.33 bits per heavy atom. The molecule has 2 aromatic rings. The van der Waals surface area contributed by atoms with Gasteiger partial charge in [-0.3, -0.25) is 4.90 Å². The SMILES string of the molecule is CCC1COCCN1CCCn1cnc2c(N)ncnc21. The van der Waals surface area contributed by atoms with Crippen molar-refractivity contribution in [1.82, 2.24) is 24.4 Å². The summed E-state index contributed by atoms with van der Waals surface area (Å²) in [4.78, 5) is 15.1. The van der Waals surface area contributed by atoms with Gasteiger partial charge in [0.25, 0.3) is 0 Å². The van der Waals surface area contributed by atoms with Crippen LogP contribution in [-0.2, 0) is 11.3 Å². The Morgan fingerprint density at radius 3 is 3.10 bits per heavy atom. The highest BCUT2D eigenvalue weighted by Gasteiger charge is 2.20. The Morgan fingerprint density at radius 2 is 2.24 bits per heavy atom. The van der Waals surface area contributed by atoms with Gasteiger partial charge in [-0.25, -0.2) is 15.0 Å². The fraction of sp³-hybridized carbons (Fsp3) is 0.643. The van der Waals surface area contributed by atoms with E-state index in [-0.39, 0.29) is 0 Å². The van der Waals surface area contributed by atoms with Crippen molar-refractivity contribution in [3.8, 4) is 0 Å². The van der Waals surface area contributed by atoms with Gasteiger partial charge in [-0.2, -0.15) is 0 Å².